The SMILES string of the molecule is NCC(=O)N1CCCC1c1ccc(Cl)cc1. The van der Waals surface area contributed by atoms with Crippen molar-refractivity contribution in [2.45, 2.75) is 18.9 Å². The van der Waals surface area contributed by atoms with Gasteiger partial charge in [-0.25, -0.2) is 0 Å². The fraction of sp³-hybridized carbons (Fsp3) is 0.417. The highest BCUT2D eigenvalue weighted by Crippen LogP contribution is 2.32. The molecule has 0 bridgehead atoms. The monoisotopic (exact) mass is 238 g/mol. The molecule has 1 saturated heterocycles. The molecule has 0 saturated carbocycles. The molecule has 4 heteroatoms. The standard InChI is InChI=1S/C12H15ClN2O/c13-10-5-3-9(4-6-10)11-2-1-7-15(11)12(16)8-14/h3-6,11H,1-2,7-8,14H2. The summed E-state index contributed by atoms with van der Waals surface area (Å²) in [7, 11) is 0. The lowest BCUT2D eigenvalue weighted by atomic mass is 10.0. The van der Waals surface area contributed by atoms with Crippen LogP contribution in [0.15, 0.2) is 24.3 Å². The van der Waals surface area contributed by atoms with Gasteiger partial charge in [-0.2, -0.15) is 0 Å². The zero-order valence-electron chi connectivity index (χ0n) is 9.03. The number of hydrogen-bond acceptors (Lipinski definition) is 2. The lowest BCUT2D eigenvalue weighted by molar-refractivity contribution is -0.130. The third-order valence-electron chi connectivity index (χ3n) is 3.00. The highest BCUT2D eigenvalue weighted by molar-refractivity contribution is 6.30. The number of amides is 1. The molecule has 1 aromatic rings. The molecule has 16 heavy (non-hydrogen) atoms. The number of hydrogen-bond donors (Lipinski definition) is 1. The highest BCUT2D eigenvalue weighted by atomic mass is 35.5. The predicted molar refractivity (Wildman–Crippen MR) is 64.2 cm³/mol. The molecule has 1 heterocycles. The summed E-state index contributed by atoms with van der Waals surface area (Å²) < 4.78 is 0. The maximum Gasteiger partial charge on any atom is 0.236 e. The first-order chi connectivity index (χ1) is 7.72. The topological polar surface area (TPSA) is 46.3 Å². The van der Waals surface area contributed by atoms with Gasteiger partial charge in [0.1, 0.15) is 0 Å². The van der Waals surface area contributed by atoms with Crippen LogP contribution >= 0.6 is 11.6 Å². The van der Waals surface area contributed by atoms with Crippen molar-refractivity contribution in [1.29, 1.82) is 0 Å². The second-order valence-corrected chi connectivity index (χ2v) is 4.44. The molecular weight excluding hydrogens is 224 g/mol. The molecular formula is C12H15ClN2O. The molecule has 1 unspecified atom stereocenters. The van der Waals surface area contributed by atoms with E-state index in [2.05, 4.69) is 0 Å². The van der Waals surface area contributed by atoms with E-state index in [-0.39, 0.29) is 18.5 Å². The Kier molecular flexibility index (Phi) is 3.46. The number of nitrogens with zero attached hydrogens (tertiary/aromatic N) is 1. The van der Waals surface area contributed by atoms with Crippen molar-refractivity contribution in [1.82, 2.24) is 4.90 Å². The molecule has 1 atom stereocenters. The average molecular weight is 239 g/mol. The van der Waals surface area contributed by atoms with E-state index in [4.69, 9.17) is 17.3 Å². The second-order valence-electron chi connectivity index (χ2n) is 4.00. The van der Waals surface area contributed by atoms with Gasteiger partial charge in [0.05, 0.1) is 12.6 Å². The third-order valence-corrected chi connectivity index (χ3v) is 3.25. The van der Waals surface area contributed by atoms with Crippen LogP contribution in [-0.2, 0) is 4.79 Å². The Morgan fingerprint density at radius 3 is 2.75 bits per heavy atom. The number of rotatable bonds is 2. The maximum absolute atomic E-state index is 11.6. The predicted octanol–water partition coefficient (Wildman–Crippen LogP) is 1.96. The Morgan fingerprint density at radius 1 is 1.44 bits per heavy atom. The molecule has 2 rings (SSSR count). The van der Waals surface area contributed by atoms with Gasteiger partial charge in [0.2, 0.25) is 5.91 Å². The summed E-state index contributed by atoms with van der Waals surface area (Å²) in [4.78, 5) is 13.5. The lowest BCUT2D eigenvalue weighted by Crippen LogP contribution is -2.35. The molecule has 3 nitrogen and oxygen atoms in total. The van der Waals surface area contributed by atoms with Gasteiger partial charge in [-0.15, -0.1) is 0 Å². The molecule has 0 spiro atoms. The summed E-state index contributed by atoms with van der Waals surface area (Å²) in [6, 6.07) is 7.86. The molecule has 0 radical (unpaired) electrons. The minimum Gasteiger partial charge on any atom is -0.335 e. The van der Waals surface area contributed by atoms with Crippen LogP contribution in [0.5, 0.6) is 0 Å². The Balaban J connectivity index is 2.19. The van der Waals surface area contributed by atoms with Crippen molar-refractivity contribution in [3.05, 3.63) is 34.9 Å². The first-order valence-electron chi connectivity index (χ1n) is 5.47. The van der Waals surface area contributed by atoms with Crippen molar-refractivity contribution in [2.75, 3.05) is 13.1 Å². The van der Waals surface area contributed by atoms with Crippen LogP contribution in [0.1, 0.15) is 24.4 Å². The Morgan fingerprint density at radius 2 is 2.12 bits per heavy atom. The molecule has 1 aromatic carbocycles. The van der Waals surface area contributed by atoms with Gasteiger partial charge >= 0.3 is 0 Å². The molecule has 1 aliphatic rings. The zero-order chi connectivity index (χ0) is 11.5. The van der Waals surface area contributed by atoms with Crippen LogP contribution in [0.3, 0.4) is 0 Å². The van der Waals surface area contributed by atoms with E-state index in [0.29, 0.717) is 0 Å². The van der Waals surface area contributed by atoms with E-state index in [1.807, 2.05) is 29.2 Å². The van der Waals surface area contributed by atoms with Gasteiger partial charge in [-0.3, -0.25) is 4.79 Å². The molecule has 0 aliphatic carbocycles. The summed E-state index contributed by atoms with van der Waals surface area (Å²) >= 11 is 5.84. The van der Waals surface area contributed by atoms with Crippen molar-refractivity contribution in [3.63, 3.8) is 0 Å². The molecule has 1 fully saturated rings. The Labute approximate surface area is 100 Å². The van der Waals surface area contributed by atoms with Gasteiger partial charge in [0.25, 0.3) is 0 Å². The number of benzene rings is 1. The number of nitrogens with two attached hydrogens (primary N) is 1. The van der Waals surface area contributed by atoms with Gasteiger partial charge < -0.3 is 10.6 Å². The maximum atomic E-state index is 11.6. The molecule has 1 amide bonds. The van der Waals surface area contributed by atoms with Crippen molar-refractivity contribution in [2.24, 2.45) is 5.73 Å². The van der Waals surface area contributed by atoms with E-state index >= 15 is 0 Å². The quantitative estimate of drug-likeness (QED) is 0.856. The van der Waals surface area contributed by atoms with E-state index < -0.39 is 0 Å². The normalized spacial score (nSPS) is 20.1. The van der Waals surface area contributed by atoms with Crippen LogP contribution < -0.4 is 5.73 Å². The Hall–Kier alpha value is -1.06. The summed E-state index contributed by atoms with van der Waals surface area (Å²) in [5, 5.41) is 0.721. The minimum absolute atomic E-state index is 0.0254. The molecule has 0 aromatic heterocycles. The number of likely N-dealkylation sites (tertiary alicyclic amines) is 1. The first-order valence-corrected chi connectivity index (χ1v) is 5.85. The van der Waals surface area contributed by atoms with Gasteiger partial charge in [-0.05, 0) is 30.5 Å². The van der Waals surface area contributed by atoms with Crippen molar-refractivity contribution < 1.29 is 4.79 Å². The largest absolute Gasteiger partial charge is 0.335 e. The molecule has 2 N–H and O–H groups in total. The summed E-state index contributed by atoms with van der Waals surface area (Å²) in [6.07, 6.45) is 2.05. The van der Waals surface area contributed by atoms with E-state index in [1.165, 1.54) is 0 Å². The van der Waals surface area contributed by atoms with E-state index in [0.717, 1.165) is 30.0 Å². The van der Waals surface area contributed by atoms with Gasteiger partial charge in [0.15, 0.2) is 0 Å². The minimum atomic E-state index is 0.0254. The van der Waals surface area contributed by atoms with Crippen LogP contribution in [0.2, 0.25) is 5.02 Å². The van der Waals surface area contributed by atoms with Crippen LogP contribution in [0.25, 0.3) is 0 Å². The second kappa shape index (κ2) is 4.85. The van der Waals surface area contributed by atoms with Crippen LogP contribution in [0, 0.1) is 0 Å². The average Bonchev–Trinajstić information content (AvgIpc) is 2.78. The summed E-state index contributed by atoms with van der Waals surface area (Å²) in [6.45, 7) is 0.896. The fourth-order valence-corrected chi connectivity index (χ4v) is 2.34. The van der Waals surface area contributed by atoms with E-state index in [9.17, 15) is 4.79 Å². The van der Waals surface area contributed by atoms with Crippen molar-refractivity contribution >= 4 is 17.5 Å². The zero-order valence-corrected chi connectivity index (χ0v) is 9.78. The highest BCUT2D eigenvalue weighted by Gasteiger charge is 2.28. The molecule has 86 valence electrons. The van der Waals surface area contributed by atoms with Crippen LogP contribution in [-0.4, -0.2) is 23.9 Å². The third kappa shape index (κ3) is 2.20. The first kappa shape index (κ1) is 11.4. The summed E-state index contributed by atoms with van der Waals surface area (Å²) in [5.41, 5.74) is 6.55. The smallest absolute Gasteiger partial charge is 0.236 e. The molecule has 1 aliphatic heterocycles. The fourth-order valence-electron chi connectivity index (χ4n) is 2.21. The van der Waals surface area contributed by atoms with E-state index in [1.54, 1.807) is 0 Å². The van der Waals surface area contributed by atoms with Gasteiger partial charge in [-0.1, -0.05) is 23.7 Å². The summed E-state index contributed by atoms with van der Waals surface area (Å²) in [5.74, 6) is 0.0254. The van der Waals surface area contributed by atoms with Crippen molar-refractivity contribution in [3.8, 4) is 0 Å². The number of carbonyl (C=O) groups excluding carboxylic acids is 1. The lowest BCUT2D eigenvalue weighted by Gasteiger charge is -2.24. The Bertz CT molecular complexity index is 377. The number of carbonyl (C=O) groups is 1. The van der Waals surface area contributed by atoms with Gasteiger partial charge in [0, 0.05) is 11.6 Å². The van der Waals surface area contributed by atoms with Crippen LogP contribution in [0.4, 0.5) is 0 Å². The number of halogens is 1.